The van der Waals surface area contributed by atoms with Gasteiger partial charge in [0.1, 0.15) is 0 Å². The van der Waals surface area contributed by atoms with Crippen LogP contribution in [0.5, 0.6) is 0 Å². The van der Waals surface area contributed by atoms with Crippen LogP contribution in [0, 0.1) is 46.3 Å². The Labute approximate surface area is 193 Å². The van der Waals surface area contributed by atoms with Crippen molar-refractivity contribution in [1.29, 1.82) is 0 Å². The first-order valence-electron chi connectivity index (χ1n) is 13.6. The van der Waals surface area contributed by atoms with E-state index in [4.69, 9.17) is 4.74 Å². The summed E-state index contributed by atoms with van der Waals surface area (Å²) >= 11 is 0. The van der Waals surface area contributed by atoms with E-state index in [1.54, 1.807) is 11.1 Å². The SMILES string of the molecule is C/C=C(\CCC(C)C1CCC2C3CC=C4CC(OC)CCC4(C)C3CCC12C)C(C)C. The van der Waals surface area contributed by atoms with E-state index < -0.39 is 0 Å². The highest BCUT2D eigenvalue weighted by Gasteiger charge is 2.59. The first kappa shape index (κ1) is 23.6. The minimum absolute atomic E-state index is 0.459. The van der Waals surface area contributed by atoms with E-state index in [0.717, 1.165) is 29.6 Å². The molecule has 3 fully saturated rings. The number of methoxy groups -OCH3 is 1. The van der Waals surface area contributed by atoms with Crippen molar-refractivity contribution in [3.63, 3.8) is 0 Å². The van der Waals surface area contributed by atoms with Crippen molar-refractivity contribution in [2.45, 2.75) is 112 Å². The van der Waals surface area contributed by atoms with E-state index in [1.165, 1.54) is 64.2 Å². The van der Waals surface area contributed by atoms with Crippen LogP contribution in [0.15, 0.2) is 23.3 Å². The third kappa shape index (κ3) is 4.00. The Bertz CT molecular complexity index is 701. The summed E-state index contributed by atoms with van der Waals surface area (Å²) in [6, 6.07) is 0. The average molecular weight is 427 g/mol. The summed E-state index contributed by atoms with van der Waals surface area (Å²) in [5.74, 6) is 5.32. The molecular formula is C30H50O. The largest absolute Gasteiger partial charge is 0.381 e. The first-order chi connectivity index (χ1) is 14.7. The molecule has 8 atom stereocenters. The van der Waals surface area contributed by atoms with Gasteiger partial charge in [-0.05, 0) is 117 Å². The third-order valence-electron chi connectivity index (χ3n) is 11.2. The molecule has 1 heteroatoms. The molecule has 1 nitrogen and oxygen atoms in total. The van der Waals surface area contributed by atoms with Gasteiger partial charge in [0.2, 0.25) is 0 Å². The minimum atomic E-state index is 0.459. The normalized spacial score (nSPS) is 43.8. The molecule has 0 aromatic rings. The van der Waals surface area contributed by atoms with Gasteiger partial charge in [-0.3, -0.25) is 0 Å². The van der Waals surface area contributed by atoms with E-state index in [0.29, 0.717) is 22.9 Å². The fraction of sp³-hybridized carbons (Fsp3) is 0.867. The zero-order chi connectivity index (χ0) is 22.4. The van der Waals surface area contributed by atoms with Gasteiger partial charge in [0.15, 0.2) is 0 Å². The van der Waals surface area contributed by atoms with Crippen LogP contribution < -0.4 is 0 Å². The maximum atomic E-state index is 5.76. The predicted molar refractivity (Wildman–Crippen MR) is 133 cm³/mol. The van der Waals surface area contributed by atoms with E-state index in [2.05, 4.69) is 53.7 Å². The molecule has 0 aromatic carbocycles. The van der Waals surface area contributed by atoms with Crippen molar-refractivity contribution >= 4 is 0 Å². The lowest BCUT2D eigenvalue weighted by Gasteiger charge is -2.58. The van der Waals surface area contributed by atoms with E-state index in [-0.39, 0.29) is 0 Å². The Kier molecular flexibility index (Phi) is 6.85. The third-order valence-corrected chi connectivity index (χ3v) is 11.2. The van der Waals surface area contributed by atoms with Crippen molar-refractivity contribution in [2.75, 3.05) is 7.11 Å². The Hall–Kier alpha value is -0.560. The summed E-state index contributed by atoms with van der Waals surface area (Å²) < 4.78 is 5.76. The number of ether oxygens (including phenoxy) is 1. The van der Waals surface area contributed by atoms with Gasteiger partial charge in [0, 0.05) is 7.11 Å². The van der Waals surface area contributed by atoms with Gasteiger partial charge in [-0.25, -0.2) is 0 Å². The average Bonchev–Trinajstić information content (AvgIpc) is 3.10. The van der Waals surface area contributed by atoms with Crippen LogP contribution in [0.4, 0.5) is 0 Å². The molecular weight excluding hydrogens is 376 g/mol. The molecule has 3 saturated carbocycles. The highest BCUT2D eigenvalue weighted by atomic mass is 16.5. The molecule has 176 valence electrons. The lowest BCUT2D eigenvalue weighted by molar-refractivity contribution is -0.0600. The smallest absolute Gasteiger partial charge is 0.0608 e. The van der Waals surface area contributed by atoms with Crippen LogP contribution in [0.1, 0.15) is 106 Å². The molecule has 4 rings (SSSR count). The second kappa shape index (κ2) is 9.00. The summed E-state index contributed by atoms with van der Waals surface area (Å²) in [6.45, 7) is 14.9. The topological polar surface area (TPSA) is 9.23 Å². The molecule has 0 bridgehead atoms. The predicted octanol–water partition coefficient (Wildman–Crippen LogP) is 8.60. The summed E-state index contributed by atoms with van der Waals surface area (Å²) in [5.41, 5.74) is 4.46. The number of rotatable bonds is 6. The quantitative estimate of drug-likeness (QED) is 0.386. The fourth-order valence-corrected chi connectivity index (χ4v) is 9.17. The molecule has 0 amide bonds. The molecule has 0 radical (unpaired) electrons. The van der Waals surface area contributed by atoms with Crippen LogP contribution in [-0.2, 0) is 4.74 Å². The van der Waals surface area contributed by atoms with Crippen molar-refractivity contribution in [3.05, 3.63) is 23.3 Å². The van der Waals surface area contributed by atoms with Crippen LogP contribution in [0.25, 0.3) is 0 Å². The maximum Gasteiger partial charge on any atom is 0.0608 e. The minimum Gasteiger partial charge on any atom is -0.381 e. The highest BCUT2D eigenvalue weighted by molar-refractivity contribution is 5.25. The van der Waals surface area contributed by atoms with Gasteiger partial charge in [-0.2, -0.15) is 0 Å². The Morgan fingerprint density at radius 1 is 1.10 bits per heavy atom. The van der Waals surface area contributed by atoms with E-state index in [9.17, 15) is 0 Å². The molecule has 0 N–H and O–H groups in total. The number of fused-ring (bicyclic) bond motifs is 5. The summed E-state index contributed by atoms with van der Waals surface area (Å²) in [4.78, 5) is 0. The number of hydrogen-bond acceptors (Lipinski definition) is 1. The van der Waals surface area contributed by atoms with Crippen LogP contribution in [0.2, 0.25) is 0 Å². The van der Waals surface area contributed by atoms with Gasteiger partial charge in [-0.1, -0.05) is 57.9 Å². The Morgan fingerprint density at radius 2 is 1.87 bits per heavy atom. The number of hydrogen-bond donors (Lipinski definition) is 0. The zero-order valence-electron chi connectivity index (χ0n) is 21.7. The lowest BCUT2D eigenvalue weighted by atomic mass is 9.47. The van der Waals surface area contributed by atoms with Crippen LogP contribution in [0.3, 0.4) is 0 Å². The molecule has 4 aliphatic carbocycles. The second-order valence-corrected chi connectivity index (χ2v) is 12.6. The molecule has 0 heterocycles. The standard InChI is InChI=1S/C30H50O/c1-8-22(20(2)3)10-9-21(4)26-13-14-27-25-12-11-23-19-24(31-7)15-17-29(23,5)28(25)16-18-30(26,27)6/h8,11,20-21,24-28H,9-10,12-19H2,1-7H3/b22-8+. The molecule has 0 spiro atoms. The van der Waals surface area contributed by atoms with Crippen molar-refractivity contribution in [1.82, 2.24) is 0 Å². The van der Waals surface area contributed by atoms with Gasteiger partial charge in [-0.15, -0.1) is 0 Å². The molecule has 0 aliphatic heterocycles. The highest BCUT2D eigenvalue weighted by Crippen LogP contribution is 2.67. The Morgan fingerprint density at radius 3 is 2.55 bits per heavy atom. The molecule has 8 unspecified atom stereocenters. The zero-order valence-corrected chi connectivity index (χ0v) is 21.7. The number of allylic oxidation sites excluding steroid dienone is 3. The van der Waals surface area contributed by atoms with E-state index >= 15 is 0 Å². The summed E-state index contributed by atoms with van der Waals surface area (Å²) in [7, 11) is 1.91. The van der Waals surface area contributed by atoms with Crippen LogP contribution in [-0.4, -0.2) is 13.2 Å². The van der Waals surface area contributed by atoms with Gasteiger partial charge < -0.3 is 4.74 Å². The molecule has 31 heavy (non-hydrogen) atoms. The van der Waals surface area contributed by atoms with Gasteiger partial charge in [0.25, 0.3) is 0 Å². The van der Waals surface area contributed by atoms with Crippen molar-refractivity contribution in [3.8, 4) is 0 Å². The first-order valence-corrected chi connectivity index (χ1v) is 13.6. The molecule has 4 aliphatic rings. The maximum absolute atomic E-state index is 5.76. The molecule has 0 saturated heterocycles. The fourth-order valence-electron chi connectivity index (χ4n) is 9.17. The van der Waals surface area contributed by atoms with Crippen molar-refractivity contribution < 1.29 is 4.74 Å². The monoisotopic (exact) mass is 426 g/mol. The van der Waals surface area contributed by atoms with E-state index in [1.807, 2.05) is 7.11 Å². The second-order valence-electron chi connectivity index (χ2n) is 12.6. The van der Waals surface area contributed by atoms with Crippen LogP contribution >= 0.6 is 0 Å². The Balaban J connectivity index is 1.48. The summed E-state index contributed by atoms with van der Waals surface area (Å²) in [6.07, 6.45) is 19.3. The van der Waals surface area contributed by atoms with Gasteiger partial charge in [0.05, 0.1) is 6.10 Å². The lowest BCUT2D eigenvalue weighted by Crippen LogP contribution is -2.50. The van der Waals surface area contributed by atoms with Crippen molar-refractivity contribution in [2.24, 2.45) is 46.3 Å². The summed E-state index contributed by atoms with van der Waals surface area (Å²) in [5, 5.41) is 0. The van der Waals surface area contributed by atoms with Gasteiger partial charge >= 0.3 is 0 Å². The molecule has 0 aromatic heterocycles.